The third-order valence-electron chi connectivity index (χ3n) is 1.87. The maximum atomic E-state index is 8.67. The van der Waals surface area contributed by atoms with Crippen LogP contribution in [0, 0.1) is 11.8 Å². The number of thioether (sulfide) groups is 1. The Kier molecular flexibility index (Phi) is 5.01. The normalized spacial score (nSPS) is 9.94. The summed E-state index contributed by atoms with van der Waals surface area (Å²) in [5.74, 6) is 6.89. The molecule has 17 heavy (non-hydrogen) atoms. The van der Waals surface area contributed by atoms with Crippen LogP contribution in [0.2, 0.25) is 0 Å². The number of aliphatic hydroxyl groups is 1. The van der Waals surface area contributed by atoms with E-state index in [9.17, 15) is 0 Å². The smallest absolute Gasteiger partial charge is 0.174 e. The van der Waals surface area contributed by atoms with E-state index in [0.717, 1.165) is 15.7 Å². The molecule has 2 aromatic rings. The van der Waals surface area contributed by atoms with Crippen molar-refractivity contribution in [2.45, 2.75) is 16.5 Å². The van der Waals surface area contributed by atoms with Gasteiger partial charge < -0.3 is 5.11 Å². The van der Waals surface area contributed by atoms with Crippen LogP contribution >= 0.6 is 34.4 Å². The first-order valence-corrected chi connectivity index (χ1v) is 7.69. The second kappa shape index (κ2) is 6.77. The summed E-state index contributed by atoms with van der Waals surface area (Å²) in [5, 5.41) is 18.5. The molecule has 0 aliphatic rings. The third kappa shape index (κ3) is 3.82. The van der Waals surface area contributed by atoms with Gasteiger partial charge in [0.15, 0.2) is 4.34 Å². The molecule has 6 heteroatoms. The van der Waals surface area contributed by atoms with Crippen LogP contribution in [-0.4, -0.2) is 21.9 Å². The van der Waals surface area contributed by atoms with Crippen LogP contribution in [-0.2, 0) is 5.75 Å². The molecule has 0 unspecified atom stereocenters. The molecule has 0 amide bonds. The van der Waals surface area contributed by atoms with Crippen molar-refractivity contribution in [1.29, 1.82) is 0 Å². The molecule has 0 radical (unpaired) electrons. The maximum absolute atomic E-state index is 8.67. The first-order chi connectivity index (χ1) is 8.40. The molecule has 88 valence electrons. The molecule has 0 bridgehead atoms. The van der Waals surface area contributed by atoms with E-state index in [1.165, 1.54) is 4.88 Å². The molecular weight excluding hydrogens is 272 g/mol. The Balaban J connectivity index is 1.97. The van der Waals surface area contributed by atoms with E-state index in [2.05, 4.69) is 22.0 Å². The standard InChI is InChI=1S/C11H10N2OS3/c14-5-2-1-3-9-4-6-15-10(9)7-16-11-13-12-8-17-11/h4,6,8,14H,2,5,7H2. The van der Waals surface area contributed by atoms with Crippen molar-refractivity contribution in [1.82, 2.24) is 10.2 Å². The van der Waals surface area contributed by atoms with Gasteiger partial charge in [-0.3, -0.25) is 0 Å². The molecule has 0 aliphatic heterocycles. The molecule has 0 aromatic carbocycles. The predicted octanol–water partition coefficient (Wildman–Crippen LogP) is 2.63. The predicted molar refractivity (Wildman–Crippen MR) is 72.4 cm³/mol. The maximum Gasteiger partial charge on any atom is 0.174 e. The highest BCUT2D eigenvalue weighted by Gasteiger charge is 2.04. The summed E-state index contributed by atoms with van der Waals surface area (Å²) >= 11 is 4.92. The van der Waals surface area contributed by atoms with Crippen molar-refractivity contribution < 1.29 is 5.11 Å². The fourth-order valence-electron chi connectivity index (χ4n) is 1.13. The number of aromatic nitrogens is 2. The Labute approximate surface area is 112 Å². The van der Waals surface area contributed by atoms with Gasteiger partial charge in [0.1, 0.15) is 5.51 Å². The van der Waals surface area contributed by atoms with Crippen molar-refractivity contribution in [3.05, 3.63) is 27.4 Å². The number of rotatable bonds is 4. The van der Waals surface area contributed by atoms with Gasteiger partial charge in [0, 0.05) is 22.6 Å². The van der Waals surface area contributed by atoms with Crippen molar-refractivity contribution in [3.8, 4) is 11.8 Å². The van der Waals surface area contributed by atoms with Crippen LogP contribution in [0.25, 0.3) is 0 Å². The summed E-state index contributed by atoms with van der Waals surface area (Å²) in [6.07, 6.45) is 0.527. The SMILES string of the molecule is OCCC#Cc1ccsc1CSc1nncs1. The van der Waals surface area contributed by atoms with Crippen LogP contribution in [0.4, 0.5) is 0 Å². The van der Waals surface area contributed by atoms with Gasteiger partial charge >= 0.3 is 0 Å². The zero-order chi connectivity index (χ0) is 11.9. The average Bonchev–Trinajstić information content (AvgIpc) is 2.97. The van der Waals surface area contributed by atoms with Gasteiger partial charge in [-0.1, -0.05) is 34.9 Å². The molecule has 2 rings (SSSR count). The topological polar surface area (TPSA) is 46.0 Å². The van der Waals surface area contributed by atoms with Gasteiger partial charge in [-0.05, 0) is 11.4 Å². The number of hydrogen-bond acceptors (Lipinski definition) is 6. The first kappa shape index (κ1) is 12.6. The van der Waals surface area contributed by atoms with Gasteiger partial charge in [-0.2, -0.15) is 0 Å². The molecule has 0 fully saturated rings. The van der Waals surface area contributed by atoms with E-state index in [0.29, 0.717) is 6.42 Å². The molecule has 2 heterocycles. The van der Waals surface area contributed by atoms with Crippen LogP contribution in [0.1, 0.15) is 16.9 Å². The first-order valence-electron chi connectivity index (χ1n) is 4.95. The van der Waals surface area contributed by atoms with Gasteiger partial charge in [-0.15, -0.1) is 21.5 Å². The van der Waals surface area contributed by atoms with Crippen molar-refractivity contribution in [2.24, 2.45) is 0 Å². The van der Waals surface area contributed by atoms with E-state index >= 15 is 0 Å². The zero-order valence-corrected chi connectivity index (χ0v) is 11.4. The number of hydrogen-bond donors (Lipinski definition) is 1. The summed E-state index contributed by atoms with van der Waals surface area (Å²) < 4.78 is 0.979. The summed E-state index contributed by atoms with van der Waals surface area (Å²) in [4.78, 5) is 1.25. The zero-order valence-electron chi connectivity index (χ0n) is 8.92. The Hall–Kier alpha value is -0.870. The molecule has 0 saturated heterocycles. The lowest BCUT2D eigenvalue weighted by atomic mass is 10.2. The van der Waals surface area contributed by atoms with Crippen molar-refractivity contribution in [2.75, 3.05) is 6.61 Å². The summed E-state index contributed by atoms with van der Waals surface area (Å²) in [6.45, 7) is 0.117. The van der Waals surface area contributed by atoms with E-state index in [-0.39, 0.29) is 6.61 Å². The lowest BCUT2D eigenvalue weighted by molar-refractivity contribution is 0.305. The Morgan fingerprint density at radius 3 is 3.12 bits per heavy atom. The average molecular weight is 282 g/mol. The van der Waals surface area contributed by atoms with Crippen LogP contribution in [0.5, 0.6) is 0 Å². The molecule has 3 nitrogen and oxygen atoms in total. The molecule has 0 aliphatic carbocycles. The van der Waals surface area contributed by atoms with Crippen LogP contribution in [0.3, 0.4) is 0 Å². The van der Waals surface area contributed by atoms with E-state index in [1.54, 1.807) is 39.9 Å². The molecule has 2 aromatic heterocycles. The van der Waals surface area contributed by atoms with Gasteiger partial charge in [0.2, 0.25) is 0 Å². The van der Waals surface area contributed by atoms with Crippen molar-refractivity contribution >= 4 is 34.4 Å². The summed E-state index contributed by atoms with van der Waals surface area (Å²) in [7, 11) is 0. The van der Waals surface area contributed by atoms with Gasteiger partial charge in [-0.25, -0.2) is 0 Å². The molecule has 0 saturated carbocycles. The molecular formula is C11H10N2OS3. The van der Waals surface area contributed by atoms with Gasteiger partial charge in [0.05, 0.1) is 6.61 Å². The number of aliphatic hydroxyl groups excluding tert-OH is 1. The largest absolute Gasteiger partial charge is 0.395 e. The van der Waals surface area contributed by atoms with E-state index < -0.39 is 0 Å². The van der Waals surface area contributed by atoms with Gasteiger partial charge in [0.25, 0.3) is 0 Å². The summed E-state index contributed by atoms with van der Waals surface area (Å²) in [6, 6.07) is 2.02. The highest BCUT2D eigenvalue weighted by molar-refractivity contribution is 8.00. The number of nitrogens with zero attached hydrogens (tertiary/aromatic N) is 2. The minimum Gasteiger partial charge on any atom is -0.395 e. The minimum atomic E-state index is 0.117. The monoisotopic (exact) mass is 282 g/mol. The molecule has 0 spiro atoms. The number of thiophene rings is 1. The lowest BCUT2D eigenvalue weighted by Gasteiger charge is -1.95. The van der Waals surface area contributed by atoms with Crippen LogP contribution < -0.4 is 0 Å². The Morgan fingerprint density at radius 1 is 1.41 bits per heavy atom. The fourth-order valence-corrected chi connectivity index (χ4v) is 3.57. The fraction of sp³-hybridized carbons (Fsp3) is 0.273. The highest BCUT2D eigenvalue weighted by atomic mass is 32.2. The summed E-state index contributed by atoms with van der Waals surface area (Å²) in [5.41, 5.74) is 2.79. The second-order valence-corrected chi connectivity index (χ2v) is 6.08. The lowest BCUT2D eigenvalue weighted by Crippen LogP contribution is -1.81. The van der Waals surface area contributed by atoms with E-state index in [4.69, 9.17) is 5.11 Å². The second-order valence-electron chi connectivity index (χ2n) is 3.03. The van der Waals surface area contributed by atoms with E-state index in [1.807, 2.05) is 11.4 Å². The highest BCUT2D eigenvalue weighted by Crippen LogP contribution is 2.27. The minimum absolute atomic E-state index is 0.117. The third-order valence-corrected chi connectivity index (χ3v) is 4.86. The quantitative estimate of drug-likeness (QED) is 0.691. The Morgan fingerprint density at radius 2 is 2.35 bits per heavy atom. The van der Waals surface area contributed by atoms with Crippen LogP contribution in [0.15, 0.2) is 21.3 Å². The molecule has 0 atom stereocenters. The Bertz CT molecular complexity index is 510. The van der Waals surface area contributed by atoms with Crippen molar-refractivity contribution in [3.63, 3.8) is 0 Å². The molecule has 1 N–H and O–H groups in total.